The molecule has 0 radical (unpaired) electrons. The van der Waals surface area contributed by atoms with E-state index in [1.54, 1.807) is 11.3 Å². The number of hydrogen-bond donors (Lipinski definition) is 1. The third-order valence-electron chi connectivity index (χ3n) is 4.08. The molecule has 1 aromatic heterocycles. The highest BCUT2D eigenvalue weighted by Crippen LogP contribution is 2.13. The topological polar surface area (TPSA) is 65.5 Å². The molecule has 24 heavy (non-hydrogen) atoms. The number of amides is 2. The van der Waals surface area contributed by atoms with Crippen molar-refractivity contribution in [2.75, 3.05) is 32.7 Å². The number of nitrogens with one attached hydrogen (secondary N) is 1. The Balaban J connectivity index is 1.68. The van der Waals surface area contributed by atoms with Crippen LogP contribution in [0.25, 0.3) is 0 Å². The Morgan fingerprint density at radius 1 is 1.25 bits per heavy atom. The highest BCUT2D eigenvalue weighted by Gasteiger charge is 2.23. The molecule has 0 bridgehead atoms. The van der Waals surface area contributed by atoms with E-state index in [0.717, 1.165) is 43.4 Å². The third-order valence-corrected chi connectivity index (χ3v) is 4.91. The fourth-order valence-corrected chi connectivity index (χ4v) is 3.18. The van der Waals surface area contributed by atoms with Gasteiger partial charge in [0.15, 0.2) is 0 Å². The lowest BCUT2D eigenvalue weighted by Gasteiger charge is -2.34. The van der Waals surface area contributed by atoms with Crippen molar-refractivity contribution in [3.63, 3.8) is 0 Å². The normalized spacial score (nSPS) is 16.2. The lowest BCUT2D eigenvalue weighted by molar-refractivity contribution is -0.133. The predicted molar refractivity (Wildman–Crippen MR) is 95.8 cm³/mol. The van der Waals surface area contributed by atoms with Gasteiger partial charge in [0.05, 0.1) is 10.7 Å². The van der Waals surface area contributed by atoms with Gasteiger partial charge in [0.2, 0.25) is 11.8 Å². The zero-order valence-corrected chi connectivity index (χ0v) is 15.9. The number of carbonyl (C=O) groups is 2. The lowest BCUT2D eigenvalue weighted by atomic mass is 9.96. The summed E-state index contributed by atoms with van der Waals surface area (Å²) in [5, 5.41) is 6.03. The molecule has 0 aliphatic carbocycles. The lowest BCUT2D eigenvalue weighted by Crippen LogP contribution is -2.49. The van der Waals surface area contributed by atoms with Gasteiger partial charge < -0.3 is 10.2 Å². The quantitative estimate of drug-likeness (QED) is 0.875. The molecule has 0 atom stereocenters. The molecule has 0 unspecified atom stereocenters. The number of aromatic nitrogens is 1. The minimum absolute atomic E-state index is 0.0151. The van der Waals surface area contributed by atoms with Crippen LogP contribution in [-0.2, 0) is 16.1 Å². The first kappa shape index (κ1) is 18.9. The second kappa shape index (κ2) is 8.07. The summed E-state index contributed by atoms with van der Waals surface area (Å²) >= 11 is 1.67. The second-order valence-electron chi connectivity index (χ2n) is 7.27. The molecule has 134 valence electrons. The van der Waals surface area contributed by atoms with Gasteiger partial charge >= 0.3 is 0 Å². The molecule has 0 spiro atoms. The summed E-state index contributed by atoms with van der Waals surface area (Å²) in [6.07, 6.45) is 0.368. The number of thiazole rings is 1. The standard InChI is InChI=1S/C17H28N4O2S/c1-13-19-14(12-24-13)11-20-7-9-21(10-8-20)15(22)5-6-18-16(23)17(2,3)4/h12H,5-11H2,1-4H3,(H,18,23). The van der Waals surface area contributed by atoms with Gasteiger partial charge in [0.1, 0.15) is 0 Å². The summed E-state index contributed by atoms with van der Waals surface area (Å²) in [6.45, 7) is 12.1. The number of nitrogens with zero attached hydrogens (tertiary/aromatic N) is 3. The van der Waals surface area contributed by atoms with Gasteiger partial charge in [-0.1, -0.05) is 20.8 Å². The Bertz CT molecular complexity index is 571. The van der Waals surface area contributed by atoms with E-state index in [1.807, 2.05) is 32.6 Å². The average Bonchev–Trinajstić information content (AvgIpc) is 2.92. The van der Waals surface area contributed by atoms with Crippen LogP contribution in [0.1, 0.15) is 37.9 Å². The molecule has 1 N–H and O–H groups in total. The Labute approximate surface area is 148 Å². The van der Waals surface area contributed by atoms with Crippen LogP contribution in [-0.4, -0.2) is 59.3 Å². The smallest absolute Gasteiger partial charge is 0.225 e. The molecule has 7 heteroatoms. The number of carbonyl (C=O) groups excluding carboxylic acids is 2. The fourth-order valence-electron chi connectivity index (χ4n) is 2.57. The highest BCUT2D eigenvalue weighted by atomic mass is 32.1. The Morgan fingerprint density at radius 3 is 2.46 bits per heavy atom. The van der Waals surface area contributed by atoms with Crippen LogP contribution in [0.15, 0.2) is 5.38 Å². The zero-order valence-electron chi connectivity index (χ0n) is 15.1. The molecule has 1 aromatic rings. The van der Waals surface area contributed by atoms with Gasteiger partial charge in [0, 0.05) is 56.5 Å². The third kappa shape index (κ3) is 5.56. The van der Waals surface area contributed by atoms with E-state index in [1.165, 1.54) is 0 Å². The van der Waals surface area contributed by atoms with Gasteiger partial charge in [-0.25, -0.2) is 4.98 Å². The molecule has 1 aliphatic rings. The summed E-state index contributed by atoms with van der Waals surface area (Å²) < 4.78 is 0. The van der Waals surface area contributed by atoms with Gasteiger partial charge in [-0.05, 0) is 6.92 Å². The molecule has 2 amide bonds. The van der Waals surface area contributed by atoms with Crippen molar-refractivity contribution in [1.29, 1.82) is 0 Å². The predicted octanol–water partition coefficient (Wildman–Crippen LogP) is 1.65. The van der Waals surface area contributed by atoms with Crippen molar-refractivity contribution in [1.82, 2.24) is 20.1 Å². The Kier molecular flexibility index (Phi) is 6.34. The van der Waals surface area contributed by atoms with Crippen LogP contribution < -0.4 is 5.32 Å². The minimum Gasteiger partial charge on any atom is -0.355 e. The van der Waals surface area contributed by atoms with Crippen LogP contribution in [0.2, 0.25) is 0 Å². The first-order chi connectivity index (χ1) is 11.3. The van der Waals surface area contributed by atoms with E-state index < -0.39 is 5.41 Å². The zero-order chi connectivity index (χ0) is 17.7. The molecule has 0 aromatic carbocycles. The molecule has 1 saturated heterocycles. The molecule has 6 nitrogen and oxygen atoms in total. The van der Waals surface area contributed by atoms with Crippen LogP contribution >= 0.6 is 11.3 Å². The molecule has 1 aliphatic heterocycles. The molecule has 1 fully saturated rings. The number of piperazine rings is 1. The summed E-state index contributed by atoms with van der Waals surface area (Å²) in [5.41, 5.74) is 0.699. The van der Waals surface area contributed by atoms with Crippen LogP contribution in [0, 0.1) is 12.3 Å². The van der Waals surface area contributed by atoms with Gasteiger partial charge in [-0.15, -0.1) is 11.3 Å². The van der Waals surface area contributed by atoms with Crippen LogP contribution in [0.4, 0.5) is 0 Å². The van der Waals surface area contributed by atoms with E-state index in [0.29, 0.717) is 13.0 Å². The maximum Gasteiger partial charge on any atom is 0.225 e. The van der Waals surface area contributed by atoms with E-state index in [2.05, 4.69) is 20.6 Å². The van der Waals surface area contributed by atoms with Gasteiger partial charge in [0.25, 0.3) is 0 Å². The largest absolute Gasteiger partial charge is 0.355 e. The van der Waals surface area contributed by atoms with Crippen molar-refractivity contribution >= 4 is 23.2 Å². The molecular weight excluding hydrogens is 324 g/mol. The minimum atomic E-state index is -0.414. The Hall–Kier alpha value is -1.47. The second-order valence-corrected chi connectivity index (χ2v) is 8.33. The summed E-state index contributed by atoms with van der Waals surface area (Å²) in [4.78, 5) is 32.8. The van der Waals surface area contributed by atoms with Crippen LogP contribution in [0.5, 0.6) is 0 Å². The fraction of sp³-hybridized carbons (Fsp3) is 0.706. The molecule has 2 heterocycles. The van der Waals surface area contributed by atoms with Gasteiger partial charge in [-0.3, -0.25) is 14.5 Å². The van der Waals surface area contributed by atoms with E-state index in [4.69, 9.17) is 0 Å². The van der Waals surface area contributed by atoms with E-state index >= 15 is 0 Å². The highest BCUT2D eigenvalue weighted by molar-refractivity contribution is 7.09. The van der Waals surface area contributed by atoms with E-state index in [-0.39, 0.29) is 11.8 Å². The number of aryl methyl sites for hydroxylation is 1. The number of hydrogen-bond acceptors (Lipinski definition) is 5. The molecule has 2 rings (SSSR count). The van der Waals surface area contributed by atoms with Crippen molar-refractivity contribution in [2.45, 2.75) is 40.7 Å². The maximum atomic E-state index is 12.2. The summed E-state index contributed by atoms with van der Waals surface area (Å²) in [7, 11) is 0. The van der Waals surface area contributed by atoms with E-state index in [9.17, 15) is 9.59 Å². The van der Waals surface area contributed by atoms with Gasteiger partial charge in [-0.2, -0.15) is 0 Å². The van der Waals surface area contributed by atoms with Crippen LogP contribution in [0.3, 0.4) is 0 Å². The average molecular weight is 353 g/mol. The van der Waals surface area contributed by atoms with Crippen molar-refractivity contribution in [3.8, 4) is 0 Å². The first-order valence-electron chi connectivity index (χ1n) is 8.45. The summed E-state index contributed by atoms with van der Waals surface area (Å²) in [5.74, 6) is 0.104. The van der Waals surface area contributed by atoms with Crippen molar-refractivity contribution < 1.29 is 9.59 Å². The Morgan fingerprint density at radius 2 is 1.92 bits per heavy atom. The van der Waals surface area contributed by atoms with Crippen molar-refractivity contribution in [3.05, 3.63) is 16.1 Å². The SMILES string of the molecule is Cc1nc(CN2CCN(C(=O)CCNC(=O)C(C)(C)C)CC2)cs1. The monoisotopic (exact) mass is 352 g/mol. The maximum absolute atomic E-state index is 12.2. The summed E-state index contributed by atoms with van der Waals surface area (Å²) in [6, 6.07) is 0. The number of rotatable bonds is 5. The first-order valence-corrected chi connectivity index (χ1v) is 9.33. The molecule has 0 saturated carbocycles. The molecular formula is C17H28N4O2S. The van der Waals surface area contributed by atoms with Crippen molar-refractivity contribution in [2.24, 2.45) is 5.41 Å².